The Labute approximate surface area is 170 Å². The highest BCUT2D eigenvalue weighted by Gasteiger charge is 2.20. The average Bonchev–Trinajstić information content (AvgIpc) is 3.34. The molecule has 0 saturated heterocycles. The van der Waals surface area contributed by atoms with Crippen LogP contribution in [0.2, 0.25) is 0 Å². The third kappa shape index (κ3) is 3.72. The molecule has 0 unspecified atom stereocenters. The molecule has 4 aromatic rings. The molecule has 3 heterocycles. The lowest BCUT2D eigenvalue weighted by Gasteiger charge is -2.16. The van der Waals surface area contributed by atoms with Crippen LogP contribution in [-0.4, -0.2) is 28.5 Å². The van der Waals surface area contributed by atoms with E-state index in [9.17, 15) is 4.79 Å². The number of fused-ring (bicyclic) bond motifs is 1. The van der Waals surface area contributed by atoms with Crippen LogP contribution < -0.4 is 11.1 Å². The van der Waals surface area contributed by atoms with Crippen molar-refractivity contribution in [3.8, 4) is 11.3 Å². The van der Waals surface area contributed by atoms with Crippen LogP contribution in [0.5, 0.6) is 0 Å². The number of hydrogen-bond donors (Lipinski definition) is 3. The fourth-order valence-corrected chi connectivity index (χ4v) is 3.67. The number of nitrogens with zero attached hydrogens (tertiary/aromatic N) is 1. The van der Waals surface area contributed by atoms with Crippen molar-refractivity contribution in [3.05, 3.63) is 76.7 Å². The van der Waals surface area contributed by atoms with Gasteiger partial charge in [-0.1, -0.05) is 30.3 Å². The maximum atomic E-state index is 12.7. The molecule has 1 amide bonds. The van der Waals surface area contributed by atoms with Gasteiger partial charge in [0.15, 0.2) is 5.76 Å². The van der Waals surface area contributed by atoms with Crippen LogP contribution in [0.3, 0.4) is 0 Å². The molecule has 6 nitrogen and oxygen atoms in total. The first kappa shape index (κ1) is 18.5. The quantitative estimate of drug-likeness (QED) is 0.425. The first-order chi connectivity index (χ1) is 13.7. The number of nitrogens with one attached hydrogen (secondary N) is 2. The summed E-state index contributed by atoms with van der Waals surface area (Å²) in [5.41, 5.74) is 8.60. The van der Waals surface area contributed by atoms with E-state index < -0.39 is 0 Å². The fourth-order valence-electron chi connectivity index (χ4n) is 3.17. The number of amides is 1. The summed E-state index contributed by atoms with van der Waals surface area (Å²) >= 11 is 3.50. The molecule has 142 valence electrons. The number of benzene rings is 1. The van der Waals surface area contributed by atoms with Crippen molar-refractivity contribution >= 4 is 32.9 Å². The second kappa shape index (κ2) is 8.00. The molecule has 3 aromatic heterocycles. The van der Waals surface area contributed by atoms with Crippen molar-refractivity contribution in [2.45, 2.75) is 12.5 Å². The maximum absolute atomic E-state index is 12.7. The minimum absolute atomic E-state index is 0.181. The molecule has 4 rings (SSSR count). The van der Waals surface area contributed by atoms with Gasteiger partial charge in [-0.2, -0.15) is 0 Å². The van der Waals surface area contributed by atoms with Crippen LogP contribution >= 0.6 is 15.9 Å². The lowest BCUT2D eigenvalue weighted by molar-refractivity contribution is 0.0911. The van der Waals surface area contributed by atoms with Crippen molar-refractivity contribution in [2.24, 2.45) is 5.73 Å². The second-order valence-corrected chi connectivity index (χ2v) is 7.34. The minimum Gasteiger partial charge on any atom is -0.450 e. The van der Waals surface area contributed by atoms with Crippen molar-refractivity contribution in [2.75, 3.05) is 6.54 Å². The van der Waals surface area contributed by atoms with Crippen molar-refractivity contribution in [3.63, 3.8) is 0 Å². The van der Waals surface area contributed by atoms with Crippen LogP contribution in [0.4, 0.5) is 0 Å². The number of pyridine rings is 1. The van der Waals surface area contributed by atoms with Gasteiger partial charge in [-0.25, -0.2) is 4.98 Å². The summed E-state index contributed by atoms with van der Waals surface area (Å²) in [6.07, 6.45) is 4.18. The Hall–Kier alpha value is -2.90. The third-order valence-electron chi connectivity index (χ3n) is 4.56. The summed E-state index contributed by atoms with van der Waals surface area (Å²) < 4.78 is 6.60. The van der Waals surface area contributed by atoms with Crippen LogP contribution in [-0.2, 0) is 6.42 Å². The summed E-state index contributed by atoms with van der Waals surface area (Å²) in [5.74, 6) is 0.524. The first-order valence-corrected chi connectivity index (χ1v) is 9.71. The average molecular weight is 439 g/mol. The number of rotatable bonds is 6. The lowest BCUT2D eigenvalue weighted by Crippen LogP contribution is -2.41. The highest BCUT2D eigenvalue weighted by molar-refractivity contribution is 9.10. The summed E-state index contributed by atoms with van der Waals surface area (Å²) in [6.45, 7) is 0.337. The van der Waals surface area contributed by atoms with E-state index in [1.165, 1.54) is 0 Å². The van der Waals surface area contributed by atoms with Gasteiger partial charge < -0.3 is 20.5 Å². The zero-order valence-corrected chi connectivity index (χ0v) is 16.6. The van der Waals surface area contributed by atoms with Gasteiger partial charge >= 0.3 is 0 Å². The summed E-state index contributed by atoms with van der Waals surface area (Å²) in [7, 11) is 0. The van der Waals surface area contributed by atoms with Gasteiger partial charge in [-0.15, -0.1) is 0 Å². The molecule has 0 saturated carbocycles. The zero-order chi connectivity index (χ0) is 19.5. The molecule has 0 aliphatic carbocycles. The Morgan fingerprint density at radius 2 is 2.07 bits per heavy atom. The number of aromatic nitrogens is 2. The molecule has 28 heavy (non-hydrogen) atoms. The van der Waals surface area contributed by atoms with Crippen molar-refractivity contribution < 1.29 is 9.21 Å². The van der Waals surface area contributed by atoms with Crippen LogP contribution in [0.25, 0.3) is 22.4 Å². The van der Waals surface area contributed by atoms with E-state index in [0.717, 1.165) is 22.2 Å². The summed E-state index contributed by atoms with van der Waals surface area (Å²) in [6, 6.07) is 15.2. The highest BCUT2D eigenvalue weighted by atomic mass is 79.9. The second-order valence-electron chi connectivity index (χ2n) is 6.48. The standard InChI is InChI=1S/C21H19BrN4O2/c22-17-11-18(21(27)26-14(12-23)10-13-4-2-1-3-5-13)28-19(17)15-6-8-24-20-16(15)7-9-25-20/h1-9,11,14H,10,12,23H2,(H,24,25)(H,26,27)/t14-/m1/s1. The fraction of sp³-hybridized carbons (Fsp3) is 0.143. The predicted octanol–water partition coefficient (Wildman–Crippen LogP) is 3.89. The Kier molecular flexibility index (Phi) is 5.27. The number of nitrogens with two attached hydrogens (primary N) is 1. The number of halogens is 1. The first-order valence-electron chi connectivity index (χ1n) is 8.92. The molecule has 0 spiro atoms. The van der Waals surface area contributed by atoms with Gasteiger partial charge in [0.25, 0.3) is 5.91 Å². The molecule has 4 N–H and O–H groups in total. The van der Waals surface area contributed by atoms with Gasteiger partial charge in [0.05, 0.1) is 4.47 Å². The molecule has 0 aliphatic rings. The van der Waals surface area contributed by atoms with Crippen molar-refractivity contribution in [1.29, 1.82) is 0 Å². The number of hydrogen-bond acceptors (Lipinski definition) is 4. The molecular formula is C21H19BrN4O2. The largest absolute Gasteiger partial charge is 0.450 e. The van der Waals surface area contributed by atoms with Crippen LogP contribution in [0, 0.1) is 0 Å². The molecule has 0 fully saturated rings. The molecule has 1 aromatic carbocycles. The topological polar surface area (TPSA) is 96.9 Å². The molecule has 0 aliphatic heterocycles. The van der Waals surface area contributed by atoms with Gasteiger partial charge in [0, 0.05) is 42.0 Å². The molecule has 0 bridgehead atoms. The Morgan fingerprint density at radius 1 is 1.25 bits per heavy atom. The molecule has 7 heteroatoms. The third-order valence-corrected chi connectivity index (χ3v) is 5.15. The number of furan rings is 1. The number of H-pyrrole nitrogens is 1. The highest BCUT2D eigenvalue weighted by Crippen LogP contribution is 2.35. The lowest BCUT2D eigenvalue weighted by atomic mass is 10.1. The van der Waals surface area contributed by atoms with E-state index in [2.05, 4.69) is 31.2 Å². The van der Waals surface area contributed by atoms with E-state index in [1.807, 2.05) is 48.7 Å². The monoisotopic (exact) mass is 438 g/mol. The van der Waals surface area contributed by atoms with E-state index in [0.29, 0.717) is 23.2 Å². The van der Waals surface area contributed by atoms with Crippen molar-refractivity contribution in [1.82, 2.24) is 15.3 Å². The zero-order valence-electron chi connectivity index (χ0n) is 15.0. The van der Waals surface area contributed by atoms with Gasteiger partial charge in [-0.3, -0.25) is 4.79 Å². The van der Waals surface area contributed by atoms with E-state index in [-0.39, 0.29) is 17.7 Å². The number of aromatic amines is 1. The van der Waals surface area contributed by atoms with Gasteiger partial charge in [-0.05, 0) is 40.0 Å². The molecule has 0 radical (unpaired) electrons. The molecule has 1 atom stereocenters. The Bertz CT molecular complexity index is 1100. The van der Waals surface area contributed by atoms with E-state index >= 15 is 0 Å². The molecular weight excluding hydrogens is 420 g/mol. The normalized spacial score (nSPS) is 12.2. The van der Waals surface area contributed by atoms with Gasteiger partial charge in [0.1, 0.15) is 11.4 Å². The van der Waals surface area contributed by atoms with E-state index in [1.54, 1.807) is 12.3 Å². The Balaban J connectivity index is 1.56. The van der Waals surface area contributed by atoms with E-state index in [4.69, 9.17) is 10.2 Å². The minimum atomic E-state index is -0.294. The maximum Gasteiger partial charge on any atom is 0.287 e. The summed E-state index contributed by atoms with van der Waals surface area (Å²) in [5, 5.41) is 3.88. The SMILES string of the molecule is NC[C@@H](Cc1ccccc1)NC(=O)c1cc(Br)c(-c2ccnc3[nH]ccc23)o1. The number of carbonyl (C=O) groups is 1. The Morgan fingerprint density at radius 3 is 2.86 bits per heavy atom. The van der Waals surface area contributed by atoms with Gasteiger partial charge in [0.2, 0.25) is 0 Å². The number of carbonyl (C=O) groups excluding carboxylic acids is 1. The summed E-state index contributed by atoms with van der Waals surface area (Å²) in [4.78, 5) is 20.1. The van der Waals surface area contributed by atoms with Crippen LogP contribution in [0.15, 0.2) is 69.8 Å². The smallest absolute Gasteiger partial charge is 0.287 e. The predicted molar refractivity (Wildman–Crippen MR) is 112 cm³/mol. The van der Waals surface area contributed by atoms with Crippen LogP contribution in [0.1, 0.15) is 16.1 Å².